The standard InChI is InChI=1S/C10H20N2O4S/c1-16-8-7-12(17(2,14)15)6-5-11-10(13)9-3-4-9/h9H,3-8H2,1-2H3,(H,11,13). The van der Waals surface area contributed by atoms with Gasteiger partial charge in [0.25, 0.3) is 0 Å². The Kier molecular flexibility index (Phi) is 5.35. The normalized spacial score (nSPS) is 16.2. The van der Waals surface area contributed by atoms with E-state index in [0.717, 1.165) is 19.1 Å². The van der Waals surface area contributed by atoms with E-state index in [9.17, 15) is 13.2 Å². The van der Waals surface area contributed by atoms with Crippen LogP contribution in [0.4, 0.5) is 0 Å². The fourth-order valence-electron chi connectivity index (χ4n) is 1.43. The summed E-state index contributed by atoms with van der Waals surface area (Å²) in [5.41, 5.74) is 0. The summed E-state index contributed by atoms with van der Waals surface area (Å²) in [4.78, 5) is 11.3. The van der Waals surface area contributed by atoms with Crippen molar-refractivity contribution in [1.82, 2.24) is 9.62 Å². The molecule has 0 aliphatic heterocycles. The summed E-state index contributed by atoms with van der Waals surface area (Å²) in [6.45, 7) is 1.31. The number of carbonyl (C=O) groups is 1. The second-order valence-corrected chi connectivity index (χ2v) is 6.20. The van der Waals surface area contributed by atoms with Crippen molar-refractivity contribution in [3.8, 4) is 0 Å². The van der Waals surface area contributed by atoms with Crippen LogP contribution < -0.4 is 5.32 Å². The Hall–Kier alpha value is -0.660. The minimum Gasteiger partial charge on any atom is -0.383 e. The number of rotatable bonds is 8. The molecule has 100 valence electrons. The third-order valence-corrected chi connectivity index (χ3v) is 3.93. The van der Waals surface area contributed by atoms with Gasteiger partial charge in [0.05, 0.1) is 12.9 Å². The molecule has 1 aliphatic carbocycles. The van der Waals surface area contributed by atoms with E-state index in [-0.39, 0.29) is 11.8 Å². The van der Waals surface area contributed by atoms with E-state index in [1.807, 2.05) is 0 Å². The number of nitrogens with one attached hydrogen (secondary N) is 1. The van der Waals surface area contributed by atoms with Gasteiger partial charge in [-0.3, -0.25) is 4.79 Å². The highest BCUT2D eigenvalue weighted by molar-refractivity contribution is 7.88. The van der Waals surface area contributed by atoms with E-state index in [0.29, 0.717) is 26.2 Å². The monoisotopic (exact) mass is 264 g/mol. The fraction of sp³-hybridized carbons (Fsp3) is 0.900. The zero-order valence-corrected chi connectivity index (χ0v) is 11.1. The molecule has 0 unspecified atom stereocenters. The molecule has 0 atom stereocenters. The maximum Gasteiger partial charge on any atom is 0.223 e. The van der Waals surface area contributed by atoms with Gasteiger partial charge in [0, 0.05) is 32.7 Å². The van der Waals surface area contributed by atoms with Crippen molar-refractivity contribution in [2.24, 2.45) is 5.92 Å². The molecule has 17 heavy (non-hydrogen) atoms. The fourth-order valence-corrected chi connectivity index (χ4v) is 2.26. The molecule has 0 radical (unpaired) electrons. The lowest BCUT2D eigenvalue weighted by Crippen LogP contribution is -2.40. The molecule has 0 bridgehead atoms. The predicted molar refractivity (Wildman–Crippen MR) is 64.0 cm³/mol. The van der Waals surface area contributed by atoms with E-state index in [4.69, 9.17) is 4.74 Å². The maximum atomic E-state index is 11.4. The Bertz CT molecular complexity index is 351. The highest BCUT2D eigenvalue weighted by Gasteiger charge is 2.29. The van der Waals surface area contributed by atoms with Gasteiger partial charge < -0.3 is 10.1 Å². The van der Waals surface area contributed by atoms with E-state index in [2.05, 4.69) is 5.32 Å². The van der Waals surface area contributed by atoms with Crippen LogP contribution in [0, 0.1) is 5.92 Å². The van der Waals surface area contributed by atoms with E-state index < -0.39 is 10.0 Å². The van der Waals surface area contributed by atoms with E-state index in [1.165, 1.54) is 11.4 Å². The van der Waals surface area contributed by atoms with Crippen molar-refractivity contribution in [3.63, 3.8) is 0 Å². The Labute approximate surface area is 102 Å². The van der Waals surface area contributed by atoms with Crippen molar-refractivity contribution in [1.29, 1.82) is 0 Å². The average molecular weight is 264 g/mol. The van der Waals surface area contributed by atoms with Gasteiger partial charge in [-0.25, -0.2) is 8.42 Å². The second-order valence-electron chi connectivity index (χ2n) is 4.22. The minimum atomic E-state index is -3.24. The van der Waals surface area contributed by atoms with Crippen LogP contribution in [0.25, 0.3) is 0 Å². The van der Waals surface area contributed by atoms with Crippen LogP contribution in [0.5, 0.6) is 0 Å². The summed E-state index contributed by atoms with van der Waals surface area (Å²) in [7, 11) is -1.71. The summed E-state index contributed by atoms with van der Waals surface area (Å²) in [6, 6.07) is 0. The summed E-state index contributed by atoms with van der Waals surface area (Å²) in [5.74, 6) is 0.186. The molecule has 1 aliphatic rings. The highest BCUT2D eigenvalue weighted by atomic mass is 32.2. The van der Waals surface area contributed by atoms with Crippen molar-refractivity contribution in [3.05, 3.63) is 0 Å². The lowest BCUT2D eigenvalue weighted by atomic mass is 10.4. The first-order chi connectivity index (χ1) is 7.95. The largest absolute Gasteiger partial charge is 0.383 e. The molecule has 1 rings (SSSR count). The highest BCUT2D eigenvalue weighted by Crippen LogP contribution is 2.28. The van der Waals surface area contributed by atoms with Gasteiger partial charge in [0.1, 0.15) is 0 Å². The number of sulfonamides is 1. The lowest BCUT2D eigenvalue weighted by Gasteiger charge is -2.19. The van der Waals surface area contributed by atoms with Crippen LogP contribution in [-0.2, 0) is 19.6 Å². The first-order valence-electron chi connectivity index (χ1n) is 5.67. The van der Waals surface area contributed by atoms with Crippen LogP contribution in [0.1, 0.15) is 12.8 Å². The molecule has 0 heterocycles. The molecule has 0 saturated heterocycles. The zero-order chi connectivity index (χ0) is 12.9. The number of carbonyl (C=O) groups excluding carboxylic acids is 1. The lowest BCUT2D eigenvalue weighted by molar-refractivity contribution is -0.122. The molecule has 1 N–H and O–H groups in total. The third-order valence-electron chi connectivity index (χ3n) is 2.62. The topological polar surface area (TPSA) is 75.7 Å². The molecular weight excluding hydrogens is 244 g/mol. The van der Waals surface area contributed by atoms with Gasteiger partial charge in [-0.1, -0.05) is 0 Å². The summed E-state index contributed by atoms with van der Waals surface area (Å²) < 4.78 is 29.0. The maximum absolute atomic E-state index is 11.4. The first-order valence-corrected chi connectivity index (χ1v) is 7.51. The number of ether oxygens (including phenoxy) is 1. The molecule has 0 spiro atoms. The molecular formula is C10H20N2O4S. The number of hydrogen-bond donors (Lipinski definition) is 1. The van der Waals surface area contributed by atoms with Crippen molar-refractivity contribution in [2.45, 2.75) is 12.8 Å². The quantitative estimate of drug-likeness (QED) is 0.636. The summed E-state index contributed by atoms with van der Waals surface area (Å²) >= 11 is 0. The van der Waals surface area contributed by atoms with Crippen molar-refractivity contribution in [2.75, 3.05) is 39.6 Å². The van der Waals surface area contributed by atoms with Gasteiger partial charge >= 0.3 is 0 Å². The van der Waals surface area contributed by atoms with Crippen molar-refractivity contribution >= 4 is 15.9 Å². The zero-order valence-electron chi connectivity index (χ0n) is 10.3. The van der Waals surface area contributed by atoms with Crippen LogP contribution in [-0.4, -0.2) is 58.2 Å². The molecule has 0 aromatic rings. The summed E-state index contributed by atoms with van der Waals surface area (Å²) in [6.07, 6.45) is 3.06. The van der Waals surface area contributed by atoms with Gasteiger partial charge in [0.2, 0.25) is 15.9 Å². The van der Waals surface area contributed by atoms with Crippen LogP contribution >= 0.6 is 0 Å². The number of methoxy groups -OCH3 is 1. The van der Waals surface area contributed by atoms with E-state index >= 15 is 0 Å². The Morgan fingerprint density at radius 2 is 2.06 bits per heavy atom. The van der Waals surface area contributed by atoms with Gasteiger partial charge in [-0.15, -0.1) is 0 Å². The number of nitrogens with zero attached hydrogens (tertiary/aromatic N) is 1. The Morgan fingerprint density at radius 1 is 1.41 bits per heavy atom. The molecule has 6 nitrogen and oxygen atoms in total. The van der Waals surface area contributed by atoms with Gasteiger partial charge in [-0.2, -0.15) is 4.31 Å². The Morgan fingerprint density at radius 3 is 2.53 bits per heavy atom. The number of amides is 1. The molecule has 7 heteroatoms. The Balaban J connectivity index is 2.30. The third kappa shape index (κ3) is 5.47. The minimum absolute atomic E-state index is 0.0326. The number of hydrogen-bond acceptors (Lipinski definition) is 4. The van der Waals surface area contributed by atoms with Crippen LogP contribution in [0.15, 0.2) is 0 Å². The predicted octanol–water partition coefficient (Wildman–Crippen LogP) is -0.579. The van der Waals surface area contributed by atoms with Gasteiger partial charge in [-0.05, 0) is 12.8 Å². The molecule has 1 saturated carbocycles. The van der Waals surface area contributed by atoms with Crippen molar-refractivity contribution < 1.29 is 17.9 Å². The molecule has 1 amide bonds. The van der Waals surface area contributed by atoms with Crippen LogP contribution in [0.2, 0.25) is 0 Å². The molecule has 0 aromatic carbocycles. The first kappa shape index (κ1) is 14.4. The van der Waals surface area contributed by atoms with Gasteiger partial charge in [0.15, 0.2) is 0 Å². The van der Waals surface area contributed by atoms with E-state index in [1.54, 1.807) is 0 Å². The average Bonchev–Trinajstić information content (AvgIpc) is 3.04. The second kappa shape index (κ2) is 6.32. The molecule has 1 fully saturated rings. The SMILES string of the molecule is COCCN(CCNC(=O)C1CC1)S(C)(=O)=O. The summed E-state index contributed by atoms with van der Waals surface area (Å²) in [5, 5.41) is 2.74. The smallest absolute Gasteiger partial charge is 0.223 e. The molecule has 0 aromatic heterocycles. The van der Waals surface area contributed by atoms with Crippen LogP contribution in [0.3, 0.4) is 0 Å².